The Balaban J connectivity index is 2.14. The van der Waals surface area contributed by atoms with Crippen molar-refractivity contribution in [1.29, 1.82) is 0 Å². The highest BCUT2D eigenvalue weighted by Gasteiger charge is 2.13. The molecule has 0 unspecified atom stereocenters. The number of benzene rings is 3. The molecule has 0 radical (unpaired) electrons. The Morgan fingerprint density at radius 1 is 0.714 bits per heavy atom. The van der Waals surface area contributed by atoms with Gasteiger partial charge in [-0.1, -0.05) is 48.5 Å². The zero-order chi connectivity index (χ0) is 14.0. The van der Waals surface area contributed by atoms with E-state index in [1.165, 1.54) is 42.0 Å². The van der Waals surface area contributed by atoms with E-state index in [0.717, 1.165) is 0 Å². The van der Waals surface area contributed by atoms with Crippen molar-refractivity contribution in [3.05, 3.63) is 60.7 Å². The third kappa shape index (κ3) is 1.35. The fourth-order valence-corrected chi connectivity index (χ4v) is 4.73. The normalized spacial score (nSPS) is 12.0. The Morgan fingerprint density at radius 3 is 2.33 bits per heavy atom. The van der Waals surface area contributed by atoms with E-state index >= 15 is 0 Å². The molecule has 0 fully saturated rings. The highest BCUT2D eigenvalue weighted by molar-refractivity contribution is 7.26. The van der Waals surface area contributed by atoms with E-state index < -0.39 is 0 Å². The molecule has 0 aliphatic rings. The van der Waals surface area contributed by atoms with Gasteiger partial charge in [-0.25, -0.2) is 0 Å². The second-order valence-electron chi connectivity index (χ2n) is 5.51. The van der Waals surface area contributed by atoms with Crippen LogP contribution < -0.4 is 0 Å². The van der Waals surface area contributed by atoms with E-state index in [1.807, 2.05) is 11.3 Å². The van der Waals surface area contributed by atoms with Gasteiger partial charge in [0.05, 0.1) is 10.2 Å². The van der Waals surface area contributed by atoms with Gasteiger partial charge >= 0.3 is 0 Å². The molecule has 0 atom stereocenters. The maximum Gasteiger partial charge on any atom is 0.0670 e. The average Bonchev–Trinajstić information content (AvgIpc) is 3.04. The molecule has 0 N–H and O–H groups in total. The van der Waals surface area contributed by atoms with Crippen LogP contribution in [0.5, 0.6) is 0 Å². The quantitative estimate of drug-likeness (QED) is 0.344. The number of aromatic nitrogens is 1. The summed E-state index contributed by atoms with van der Waals surface area (Å²) >= 11 is 1.90. The van der Waals surface area contributed by atoms with Crippen molar-refractivity contribution < 1.29 is 0 Å². The Hall–Kier alpha value is -2.32. The highest BCUT2D eigenvalue weighted by Crippen LogP contribution is 2.40. The molecule has 2 heteroatoms. The minimum absolute atomic E-state index is 1.30. The molecule has 0 amide bonds. The van der Waals surface area contributed by atoms with Gasteiger partial charge < -0.3 is 4.57 Å². The number of aryl methyl sites for hydroxylation is 1. The lowest BCUT2D eigenvalue weighted by molar-refractivity contribution is 1.02. The summed E-state index contributed by atoms with van der Waals surface area (Å²) in [5.74, 6) is 0. The smallest absolute Gasteiger partial charge is 0.0670 e. The fourth-order valence-electron chi connectivity index (χ4n) is 3.44. The van der Waals surface area contributed by atoms with Crippen LogP contribution in [0.2, 0.25) is 0 Å². The summed E-state index contributed by atoms with van der Waals surface area (Å²) in [6.07, 6.45) is 0. The first-order valence-corrected chi connectivity index (χ1v) is 7.93. The summed E-state index contributed by atoms with van der Waals surface area (Å²) in [4.78, 5) is 0. The minimum atomic E-state index is 1.30. The van der Waals surface area contributed by atoms with Crippen molar-refractivity contribution in [2.45, 2.75) is 0 Å². The van der Waals surface area contributed by atoms with E-state index in [-0.39, 0.29) is 0 Å². The number of para-hydroxylation sites is 1. The second-order valence-corrected chi connectivity index (χ2v) is 6.57. The molecule has 2 heterocycles. The van der Waals surface area contributed by atoms with Crippen LogP contribution in [-0.4, -0.2) is 4.57 Å². The summed E-state index contributed by atoms with van der Waals surface area (Å²) in [6, 6.07) is 21.9. The van der Waals surface area contributed by atoms with Crippen molar-refractivity contribution in [3.63, 3.8) is 0 Å². The number of hydrogen-bond donors (Lipinski definition) is 0. The molecule has 1 nitrogen and oxygen atoms in total. The lowest BCUT2D eigenvalue weighted by atomic mass is 10.1. The largest absolute Gasteiger partial charge is 0.342 e. The monoisotopic (exact) mass is 287 g/mol. The van der Waals surface area contributed by atoms with Crippen LogP contribution in [0.15, 0.2) is 60.7 Å². The Bertz CT molecular complexity index is 1140. The zero-order valence-corrected chi connectivity index (χ0v) is 12.4. The lowest BCUT2D eigenvalue weighted by Crippen LogP contribution is -1.85. The van der Waals surface area contributed by atoms with Gasteiger partial charge in [0, 0.05) is 38.8 Å². The topological polar surface area (TPSA) is 4.93 Å². The summed E-state index contributed by atoms with van der Waals surface area (Å²) in [5.41, 5.74) is 2.66. The Labute approximate surface area is 126 Å². The zero-order valence-electron chi connectivity index (χ0n) is 11.6. The summed E-state index contributed by atoms with van der Waals surface area (Å²) < 4.78 is 5.10. The van der Waals surface area contributed by atoms with Crippen LogP contribution in [0, 0.1) is 0 Å². The summed E-state index contributed by atoms with van der Waals surface area (Å²) in [7, 11) is 2.18. The molecular formula is C19H13NS. The van der Waals surface area contributed by atoms with Crippen molar-refractivity contribution in [2.75, 3.05) is 0 Å². The standard InChI is InChI=1S/C19H13NS/c1-20-16-8-4-2-6-12(16)14-10-11-15-13-7-3-5-9-17(13)21-19(15)18(14)20/h2-11H,1H3. The molecule has 2 aromatic heterocycles. The molecule has 0 saturated heterocycles. The lowest BCUT2D eigenvalue weighted by Gasteiger charge is -1.99. The molecule has 0 bridgehead atoms. The van der Waals surface area contributed by atoms with Crippen LogP contribution >= 0.6 is 11.3 Å². The van der Waals surface area contributed by atoms with Crippen LogP contribution in [0.4, 0.5) is 0 Å². The van der Waals surface area contributed by atoms with Crippen LogP contribution in [-0.2, 0) is 7.05 Å². The molecular weight excluding hydrogens is 274 g/mol. The minimum Gasteiger partial charge on any atom is -0.342 e. The van der Waals surface area contributed by atoms with Gasteiger partial charge in [0.1, 0.15) is 0 Å². The number of hydrogen-bond acceptors (Lipinski definition) is 1. The molecule has 21 heavy (non-hydrogen) atoms. The summed E-state index contributed by atoms with van der Waals surface area (Å²) in [5, 5.41) is 5.43. The van der Waals surface area contributed by atoms with Gasteiger partial charge in [-0.15, -0.1) is 11.3 Å². The van der Waals surface area contributed by atoms with Crippen molar-refractivity contribution in [1.82, 2.24) is 4.57 Å². The molecule has 0 saturated carbocycles. The first-order valence-electron chi connectivity index (χ1n) is 7.12. The van der Waals surface area contributed by atoms with E-state index in [0.29, 0.717) is 0 Å². The predicted molar refractivity (Wildman–Crippen MR) is 93.3 cm³/mol. The van der Waals surface area contributed by atoms with Crippen molar-refractivity contribution >= 4 is 53.3 Å². The molecule has 5 rings (SSSR count). The Morgan fingerprint density at radius 2 is 1.43 bits per heavy atom. The second kappa shape index (κ2) is 3.86. The number of rotatable bonds is 0. The number of fused-ring (bicyclic) bond motifs is 7. The molecule has 100 valence electrons. The molecule has 5 aromatic rings. The first kappa shape index (κ1) is 11.4. The van der Waals surface area contributed by atoms with Crippen LogP contribution in [0.25, 0.3) is 42.0 Å². The molecule has 0 aliphatic carbocycles. The summed E-state index contributed by atoms with van der Waals surface area (Å²) in [6.45, 7) is 0. The average molecular weight is 287 g/mol. The van der Waals surface area contributed by atoms with Crippen LogP contribution in [0.3, 0.4) is 0 Å². The molecule has 0 aliphatic heterocycles. The SMILES string of the molecule is Cn1c2ccccc2c2ccc3c4ccccc4sc3c21. The van der Waals surface area contributed by atoms with Crippen molar-refractivity contribution in [3.8, 4) is 0 Å². The van der Waals surface area contributed by atoms with Gasteiger partial charge in [0.2, 0.25) is 0 Å². The van der Waals surface area contributed by atoms with Gasteiger partial charge in [0.15, 0.2) is 0 Å². The first-order chi connectivity index (χ1) is 10.3. The third-order valence-corrected chi connectivity index (χ3v) is 5.61. The van der Waals surface area contributed by atoms with E-state index in [9.17, 15) is 0 Å². The van der Waals surface area contributed by atoms with E-state index in [1.54, 1.807) is 0 Å². The van der Waals surface area contributed by atoms with Gasteiger partial charge in [-0.05, 0) is 12.1 Å². The molecule has 0 spiro atoms. The predicted octanol–water partition coefficient (Wildman–Crippen LogP) is 5.70. The third-order valence-electron chi connectivity index (χ3n) is 4.41. The maximum atomic E-state index is 2.34. The molecule has 3 aromatic carbocycles. The van der Waals surface area contributed by atoms with E-state index in [2.05, 4.69) is 72.3 Å². The fraction of sp³-hybridized carbons (Fsp3) is 0.0526. The van der Waals surface area contributed by atoms with Crippen molar-refractivity contribution in [2.24, 2.45) is 7.05 Å². The van der Waals surface area contributed by atoms with Gasteiger partial charge in [-0.2, -0.15) is 0 Å². The highest BCUT2D eigenvalue weighted by atomic mass is 32.1. The number of thiophene rings is 1. The number of nitrogens with zero attached hydrogens (tertiary/aromatic N) is 1. The van der Waals surface area contributed by atoms with E-state index in [4.69, 9.17) is 0 Å². The Kier molecular flexibility index (Phi) is 2.09. The van der Waals surface area contributed by atoms with Crippen LogP contribution in [0.1, 0.15) is 0 Å². The van der Waals surface area contributed by atoms with Gasteiger partial charge in [-0.3, -0.25) is 0 Å². The maximum absolute atomic E-state index is 2.34. The van der Waals surface area contributed by atoms with Gasteiger partial charge in [0.25, 0.3) is 0 Å².